The molecule has 1 amide bonds. The Kier molecular flexibility index (Phi) is 6.03. The first-order chi connectivity index (χ1) is 11.1. The van der Waals surface area contributed by atoms with Crippen molar-refractivity contribution in [1.29, 1.82) is 0 Å². The molecule has 1 heterocycles. The predicted octanol–water partition coefficient (Wildman–Crippen LogP) is 4.29. The fraction of sp³-hybridized carbons (Fsp3) is 0.316. The molecule has 4 nitrogen and oxygen atoms in total. The molecule has 4 heteroatoms. The average molecular weight is 313 g/mol. The van der Waals surface area contributed by atoms with Gasteiger partial charge in [0.25, 0.3) is 5.91 Å². The van der Waals surface area contributed by atoms with Crippen molar-refractivity contribution in [1.82, 2.24) is 5.32 Å². The SMILES string of the molecule is C=CCNC(=O)c1ccc(COc2ccc(C(C)CC)cc2)o1. The summed E-state index contributed by atoms with van der Waals surface area (Å²) in [5.74, 6) is 1.96. The molecule has 2 aromatic rings. The fourth-order valence-electron chi connectivity index (χ4n) is 2.11. The van der Waals surface area contributed by atoms with Crippen LogP contribution in [0.15, 0.2) is 53.5 Å². The molecule has 122 valence electrons. The molecule has 2 rings (SSSR count). The number of furan rings is 1. The molecule has 23 heavy (non-hydrogen) atoms. The molecule has 0 aliphatic carbocycles. The lowest BCUT2D eigenvalue weighted by Gasteiger charge is -2.10. The standard InChI is InChI=1S/C19H23NO3/c1-4-12-20-19(21)18-11-10-17(23-18)13-22-16-8-6-15(7-9-16)14(3)5-2/h4,6-11,14H,1,5,12-13H2,2-3H3,(H,20,21). The Bertz CT molecular complexity index is 643. The molecule has 0 aliphatic heterocycles. The van der Waals surface area contributed by atoms with E-state index >= 15 is 0 Å². The van der Waals surface area contributed by atoms with Gasteiger partial charge in [0, 0.05) is 6.54 Å². The van der Waals surface area contributed by atoms with Crippen molar-refractivity contribution >= 4 is 5.91 Å². The number of hydrogen-bond donors (Lipinski definition) is 1. The van der Waals surface area contributed by atoms with E-state index in [2.05, 4.69) is 37.9 Å². The van der Waals surface area contributed by atoms with Crippen LogP contribution in [0.3, 0.4) is 0 Å². The Hall–Kier alpha value is -2.49. The van der Waals surface area contributed by atoms with Crippen LogP contribution >= 0.6 is 0 Å². The summed E-state index contributed by atoms with van der Waals surface area (Å²) in [6.07, 6.45) is 2.73. The van der Waals surface area contributed by atoms with E-state index in [0.29, 0.717) is 18.2 Å². The molecule has 1 unspecified atom stereocenters. The lowest BCUT2D eigenvalue weighted by molar-refractivity contribution is 0.0926. The Labute approximate surface area is 137 Å². The van der Waals surface area contributed by atoms with Crippen LogP contribution in [0.2, 0.25) is 0 Å². The Morgan fingerprint density at radius 2 is 2.04 bits per heavy atom. The average Bonchev–Trinajstić information content (AvgIpc) is 3.06. The predicted molar refractivity (Wildman–Crippen MR) is 90.7 cm³/mol. The molecular formula is C19H23NO3. The molecular weight excluding hydrogens is 290 g/mol. The first-order valence-electron chi connectivity index (χ1n) is 7.84. The second-order valence-corrected chi connectivity index (χ2v) is 5.43. The van der Waals surface area contributed by atoms with E-state index in [1.165, 1.54) is 5.56 Å². The van der Waals surface area contributed by atoms with Gasteiger partial charge >= 0.3 is 0 Å². The van der Waals surface area contributed by atoms with Crippen molar-refractivity contribution in [3.63, 3.8) is 0 Å². The maximum atomic E-state index is 11.7. The molecule has 0 bridgehead atoms. The van der Waals surface area contributed by atoms with Crippen LogP contribution in [0.25, 0.3) is 0 Å². The summed E-state index contributed by atoms with van der Waals surface area (Å²) < 4.78 is 11.2. The van der Waals surface area contributed by atoms with Crippen LogP contribution in [-0.2, 0) is 6.61 Å². The van der Waals surface area contributed by atoms with Crippen LogP contribution in [0.1, 0.15) is 48.1 Å². The lowest BCUT2D eigenvalue weighted by Crippen LogP contribution is -2.22. The molecule has 1 aromatic carbocycles. The topological polar surface area (TPSA) is 51.5 Å². The van der Waals surface area contributed by atoms with E-state index in [1.54, 1.807) is 18.2 Å². The first-order valence-corrected chi connectivity index (χ1v) is 7.84. The molecule has 0 spiro atoms. The highest BCUT2D eigenvalue weighted by Crippen LogP contribution is 2.22. The van der Waals surface area contributed by atoms with Crippen LogP contribution in [-0.4, -0.2) is 12.5 Å². The largest absolute Gasteiger partial charge is 0.486 e. The van der Waals surface area contributed by atoms with Gasteiger partial charge in [0.15, 0.2) is 5.76 Å². The molecule has 0 fully saturated rings. The maximum absolute atomic E-state index is 11.7. The van der Waals surface area contributed by atoms with Crippen molar-refractivity contribution in [3.05, 3.63) is 66.1 Å². The summed E-state index contributed by atoms with van der Waals surface area (Å²) in [5.41, 5.74) is 1.30. The first kappa shape index (κ1) is 16.9. The van der Waals surface area contributed by atoms with Gasteiger partial charge in [0.2, 0.25) is 0 Å². The van der Waals surface area contributed by atoms with Crippen molar-refractivity contribution in [2.24, 2.45) is 0 Å². The second-order valence-electron chi connectivity index (χ2n) is 5.43. The molecule has 1 aromatic heterocycles. The maximum Gasteiger partial charge on any atom is 0.287 e. The Morgan fingerprint density at radius 3 is 2.70 bits per heavy atom. The van der Waals surface area contributed by atoms with E-state index in [4.69, 9.17) is 9.15 Å². The number of benzene rings is 1. The minimum absolute atomic E-state index is 0.256. The molecule has 1 atom stereocenters. The van der Waals surface area contributed by atoms with Gasteiger partial charge in [0.05, 0.1) is 0 Å². The fourth-order valence-corrected chi connectivity index (χ4v) is 2.11. The Balaban J connectivity index is 1.90. The lowest BCUT2D eigenvalue weighted by atomic mass is 9.99. The number of nitrogens with one attached hydrogen (secondary N) is 1. The van der Waals surface area contributed by atoms with Gasteiger partial charge in [-0.25, -0.2) is 0 Å². The highest BCUT2D eigenvalue weighted by Gasteiger charge is 2.10. The van der Waals surface area contributed by atoms with Gasteiger partial charge in [-0.2, -0.15) is 0 Å². The highest BCUT2D eigenvalue weighted by atomic mass is 16.5. The summed E-state index contributed by atoms with van der Waals surface area (Å²) >= 11 is 0. The third kappa shape index (κ3) is 4.74. The Morgan fingerprint density at radius 1 is 1.30 bits per heavy atom. The van der Waals surface area contributed by atoms with Gasteiger partial charge in [-0.15, -0.1) is 6.58 Å². The van der Waals surface area contributed by atoms with Crippen molar-refractivity contribution < 1.29 is 13.9 Å². The van der Waals surface area contributed by atoms with Crippen LogP contribution in [0.5, 0.6) is 5.75 Å². The number of amides is 1. The van der Waals surface area contributed by atoms with Gasteiger partial charge in [-0.1, -0.05) is 32.1 Å². The van der Waals surface area contributed by atoms with Crippen LogP contribution in [0, 0.1) is 0 Å². The van der Waals surface area contributed by atoms with E-state index in [0.717, 1.165) is 12.2 Å². The quantitative estimate of drug-likeness (QED) is 0.740. The minimum atomic E-state index is -0.256. The van der Waals surface area contributed by atoms with Crippen molar-refractivity contribution in [2.75, 3.05) is 6.54 Å². The number of ether oxygens (including phenoxy) is 1. The summed E-state index contributed by atoms with van der Waals surface area (Å²) in [7, 11) is 0. The molecule has 0 saturated heterocycles. The molecule has 1 N–H and O–H groups in total. The zero-order valence-electron chi connectivity index (χ0n) is 13.7. The number of hydrogen-bond acceptors (Lipinski definition) is 3. The summed E-state index contributed by atoms with van der Waals surface area (Å²) in [5, 5.41) is 2.67. The van der Waals surface area contributed by atoms with Gasteiger partial charge in [-0.3, -0.25) is 4.79 Å². The van der Waals surface area contributed by atoms with Gasteiger partial charge in [0.1, 0.15) is 18.1 Å². The van der Waals surface area contributed by atoms with E-state index in [9.17, 15) is 4.79 Å². The summed E-state index contributed by atoms with van der Waals surface area (Å²) in [6, 6.07) is 11.5. The minimum Gasteiger partial charge on any atom is -0.486 e. The highest BCUT2D eigenvalue weighted by molar-refractivity contribution is 5.91. The molecule has 0 aliphatic rings. The second kappa shape index (κ2) is 8.22. The number of carbonyl (C=O) groups is 1. The third-order valence-corrected chi connectivity index (χ3v) is 3.74. The smallest absolute Gasteiger partial charge is 0.287 e. The monoisotopic (exact) mass is 313 g/mol. The molecule has 0 radical (unpaired) electrons. The van der Waals surface area contributed by atoms with Gasteiger partial charge < -0.3 is 14.5 Å². The van der Waals surface area contributed by atoms with Gasteiger partial charge in [-0.05, 0) is 42.2 Å². The van der Waals surface area contributed by atoms with E-state index in [-0.39, 0.29) is 18.3 Å². The number of carbonyl (C=O) groups excluding carboxylic acids is 1. The molecule has 0 saturated carbocycles. The van der Waals surface area contributed by atoms with Crippen molar-refractivity contribution in [2.45, 2.75) is 32.8 Å². The third-order valence-electron chi connectivity index (χ3n) is 3.74. The zero-order valence-corrected chi connectivity index (χ0v) is 13.7. The van der Waals surface area contributed by atoms with E-state index in [1.807, 2.05) is 12.1 Å². The van der Waals surface area contributed by atoms with Crippen molar-refractivity contribution in [3.8, 4) is 5.75 Å². The summed E-state index contributed by atoms with van der Waals surface area (Å²) in [4.78, 5) is 11.7. The van der Waals surface area contributed by atoms with Crippen LogP contribution in [0.4, 0.5) is 0 Å². The van der Waals surface area contributed by atoms with E-state index < -0.39 is 0 Å². The van der Waals surface area contributed by atoms with Crippen LogP contribution < -0.4 is 10.1 Å². The normalized spacial score (nSPS) is 11.7. The summed E-state index contributed by atoms with van der Waals surface area (Å²) in [6.45, 7) is 8.63. The number of rotatable bonds is 8. The zero-order chi connectivity index (χ0) is 16.7.